The fourth-order valence-corrected chi connectivity index (χ4v) is 2.90. The predicted molar refractivity (Wildman–Crippen MR) is 106 cm³/mol. The predicted octanol–water partition coefficient (Wildman–Crippen LogP) is 4.21. The van der Waals surface area contributed by atoms with Crippen molar-refractivity contribution >= 4 is 23.0 Å². The lowest BCUT2D eigenvalue weighted by Crippen LogP contribution is -2.34. The number of thiocarbonyl (C=S) groups is 1. The van der Waals surface area contributed by atoms with Crippen LogP contribution in [0.5, 0.6) is 0 Å². The molecule has 0 aliphatic heterocycles. The van der Waals surface area contributed by atoms with Crippen molar-refractivity contribution in [3.63, 3.8) is 0 Å². The Balaban J connectivity index is 1.79. The number of hydrogen-bond donors (Lipinski definition) is 1. The summed E-state index contributed by atoms with van der Waals surface area (Å²) in [5.74, 6) is 0. The van der Waals surface area contributed by atoms with Crippen molar-refractivity contribution < 1.29 is 4.98 Å². The molecule has 0 fully saturated rings. The van der Waals surface area contributed by atoms with Crippen LogP contribution < -0.4 is 10.3 Å². The molecule has 0 saturated heterocycles. The van der Waals surface area contributed by atoms with Crippen LogP contribution in [0.15, 0.2) is 79.1 Å². The Labute approximate surface area is 154 Å². The molecule has 3 aromatic rings. The molecule has 126 valence electrons. The van der Waals surface area contributed by atoms with Gasteiger partial charge in [0.25, 0.3) is 0 Å². The molecule has 25 heavy (non-hydrogen) atoms. The summed E-state index contributed by atoms with van der Waals surface area (Å²) in [5, 5.41) is 4.12. The average molecular weight is 348 g/mol. The Morgan fingerprint density at radius 3 is 2.32 bits per heavy atom. The number of pyridine rings is 1. The van der Waals surface area contributed by atoms with Crippen LogP contribution in [0.3, 0.4) is 0 Å². The van der Waals surface area contributed by atoms with E-state index < -0.39 is 0 Å². The maximum Gasteiger partial charge on any atom is 0.174 e. The molecule has 4 heteroatoms. The van der Waals surface area contributed by atoms with Gasteiger partial charge in [0.05, 0.1) is 6.54 Å². The first kappa shape index (κ1) is 17.1. The lowest BCUT2D eigenvalue weighted by atomic mass is 10.2. The van der Waals surface area contributed by atoms with E-state index in [4.69, 9.17) is 12.2 Å². The number of aromatic nitrogens is 1. The number of hydrogen-bond acceptors (Lipinski definition) is 1. The van der Waals surface area contributed by atoms with Gasteiger partial charge in [0.2, 0.25) is 0 Å². The van der Waals surface area contributed by atoms with Crippen LogP contribution in [-0.4, -0.2) is 10.0 Å². The number of anilines is 1. The van der Waals surface area contributed by atoms with Crippen LogP contribution in [0.2, 0.25) is 0 Å². The van der Waals surface area contributed by atoms with Gasteiger partial charge in [0, 0.05) is 23.9 Å². The molecule has 0 atom stereocenters. The van der Waals surface area contributed by atoms with E-state index in [1.54, 1.807) is 0 Å². The highest BCUT2D eigenvalue weighted by Gasteiger charge is 2.13. The van der Waals surface area contributed by atoms with Gasteiger partial charge in [-0.3, -0.25) is 0 Å². The monoisotopic (exact) mass is 348 g/mol. The molecule has 3 nitrogen and oxygen atoms in total. The minimum Gasteiger partial charge on any atom is -0.340 e. The molecule has 0 amide bonds. The standard InChI is InChI=1S/C21H21N3S/c1-17-8-5-6-12-20(17)23-21(25)24(15-18-9-3-2-4-10-18)16-19-11-7-13-22-14-19/h2-14H,15-16H2,1H3,(H,23,25)/p+1. The van der Waals surface area contributed by atoms with E-state index >= 15 is 0 Å². The minimum atomic E-state index is 0.724. The molecule has 0 aliphatic carbocycles. The molecule has 0 saturated carbocycles. The van der Waals surface area contributed by atoms with Crippen molar-refractivity contribution in [3.8, 4) is 0 Å². The van der Waals surface area contributed by atoms with E-state index in [2.05, 4.69) is 64.6 Å². The Bertz CT molecular complexity index is 777. The molecule has 0 unspecified atom stereocenters. The van der Waals surface area contributed by atoms with E-state index in [9.17, 15) is 0 Å². The molecule has 0 aliphatic rings. The van der Waals surface area contributed by atoms with Crippen molar-refractivity contribution in [2.24, 2.45) is 0 Å². The number of benzene rings is 2. The summed E-state index contributed by atoms with van der Waals surface area (Å²) in [6, 6.07) is 22.7. The van der Waals surface area contributed by atoms with E-state index in [-0.39, 0.29) is 0 Å². The van der Waals surface area contributed by atoms with E-state index in [0.717, 1.165) is 23.9 Å². The summed E-state index contributed by atoms with van der Waals surface area (Å²) in [6.45, 7) is 3.58. The first-order valence-corrected chi connectivity index (χ1v) is 8.73. The third kappa shape index (κ3) is 4.88. The van der Waals surface area contributed by atoms with Crippen LogP contribution in [0.25, 0.3) is 0 Å². The normalized spacial score (nSPS) is 10.3. The summed E-state index contributed by atoms with van der Waals surface area (Å²) in [6.07, 6.45) is 3.92. The Morgan fingerprint density at radius 2 is 1.60 bits per heavy atom. The molecule has 0 bridgehead atoms. The van der Waals surface area contributed by atoms with Crippen molar-refractivity contribution in [1.82, 2.24) is 4.90 Å². The topological polar surface area (TPSA) is 29.4 Å². The van der Waals surface area contributed by atoms with Gasteiger partial charge in [0.15, 0.2) is 17.5 Å². The van der Waals surface area contributed by atoms with Crippen molar-refractivity contribution in [3.05, 3.63) is 95.8 Å². The summed E-state index contributed by atoms with van der Waals surface area (Å²) in [7, 11) is 0. The lowest BCUT2D eigenvalue weighted by molar-refractivity contribution is -0.378. The quantitative estimate of drug-likeness (QED) is 0.701. The number of nitrogens with one attached hydrogen (secondary N) is 2. The number of para-hydroxylation sites is 1. The zero-order valence-electron chi connectivity index (χ0n) is 14.3. The molecule has 2 N–H and O–H groups in total. The van der Waals surface area contributed by atoms with E-state index in [1.807, 2.05) is 36.7 Å². The van der Waals surface area contributed by atoms with Crippen LogP contribution in [0, 0.1) is 6.92 Å². The molecule has 0 radical (unpaired) electrons. The Hall–Kier alpha value is -2.72. The fraction of sp³-hybridized carbons (Fsp3) is 0.143. The second-order valence-electron chi connectivity index (χ2n) is 6.00. The summed E-state index contributed by atoms with van der Waals surface area (Å²) in [5.41, 5.74) is 4.64. The number of nitrogens with zero attached hydrogens (tertiary/aromatic N) is 1. The number of aromatic amines is 1. The number of H-pyrrole nitrogens is 1. The maximum atomic E-state index is 5.72. The summed E-state index contributed by atoms with van der Waals surface area (Å²) < 4.78 is 0. The SMILES string of the molecule is Cc1ccccc1NC(=S)N(Cc1ccccc1)Cc1ccc[nH+]c1. The van der Waals surface area contributed by atoms with Crippen LogP contribution in [0.1, 0.15) is 16.7 Å². The molecular weight excluding hydrogens is 326 g/mol. The van der Waals surface area contributed by atoms with Gasteiger partial charge in [-0.2, -0.15) is 0 Å². The molecular formula is C21H22N3S+. The zero-order valence-corrected chi connectivity index (χ0v) is 15.1. The molecule has 1 aromatic heterocycles. The fourth-order valence-electron chi connectivity index (χ4n) is 2.66. The van der Waals surface area contributed by atoms with Gasteiger partial charge < -0.3 is 10.2 Å². The number of rotatable bonds is 5. The van der Waals surface area contributed by atoms with Gasteiger partial charge in [-0.05, 0) is 42.4 Å². The third-order valence-electron chi connectivity index (χ3n) is 4.04. The van der Waals surface area contributed by atoms with Crippen molar-refractivity contribution in [1.29, 1.82) is 0 Å². The van der Waals surface area contributed by atoms with E-state index in [0.29, 0.717) is 0 Å². The van der Waals surface area contributed by atoms with Gasteiger partial charge in [-0.1, -0.05) is 48.5 Å². The van der Waals surface area contributed by atoms with Crippen LogP contribution in [0.4, 0.5) is 5.69 Å². The maximum absolute atomic E-state index is 5.72. The largest absolute Gasteiger partial charge is 0.340 e. The van der Waals surface area contributed by atoms with Gasteiger partial charge >= 0.3 is 0 Å². The minimum absolute atomic E-state index is 0.724. The second kappa shape index (κ2) is 8.40. The summed E-state index contributed by atoms with van der Waals surface area (Å²) in [4.78, 5) is 5.32. The number of aryl methyl sites for hydroxylation is 1. The first-order valence-electron chi connectivity index (χ1n) is 8.33. The zero-order chi connectivity index (χ0) is 17.5. The molecule has 3 rings (SSSR count). The van der Waals surface area contributed by atoms with Crippen molar-refractivity contribution in [2.75, 3.05) is 5.32 Å². The van der Waals surface area contributed by atoms with Crippen LogP contribution in [-0.2, 0) is 13.1 Å². The summed E-state index contributed by atoms with van der Waals surface area (Å²) >= 11 is 5.72. The highest BCUT2D eigenvalue weighted by molar-refractivity contribution is 7.80. The van der Waals surface area contributed by atoms with Crippen LogP contribution >= 0.6 is 12.2 Å². The molecule has 1 heterocycles. The highest BCUT2D eigenvalue weighted by Crippen LogP contribution is 2.16. The van der Waals surface area contributed by atoms with Crippen molar-refractivity contribution in [2.45, 2.75) is 20.0 Å². The Morgan fingerprint density at radius 1 is 0.920 bits per heavy atom. The van der Waals surface area contributed by atoms with Gasteiger partial charge in [0.1, 0.15) is 0 Å². The van der Waals surface area contributed by atoms with Gasteiger partial charge in [-0.15, -0.1) is 0 Å². The molecule has 0 spiro atoms. The molecule has 2 aromatic carbocycles. The lowest BCUT2D eigenvalue weighted by Gasteiger charge is -2.26. The third-order valence-corrected chi connectivity index (χ3v) is 4.40. The smallest absolute Gasteiger partial charge is 0.174 e. The first-order chi connectivity index (χ1) is 12.2. The average Bonchev–Trinajstić information content (AvgIpc) is 2.65. The van der Waals surface area contributed by atoms with Gasteiger partial charge in [-0.25, -0.2) is 4.98 Å². The highest BCUT2D eigenvalue weighted by atomic mass is 32.1. The second-order valence-corrected chi connectivity index (χ2v) is 6.39. The Kier molecular flexibility index (Phi) is 5.75. The van der Waals surface area contributed by atoms with E-state index in [1.165, 1.54) is 16.7 Å².